The number of aromatic nitrogens is 2. The van der Waals surface area contributed by atoms with Crippen LogP contribution in [0.2, 0.25) is 0 Å². The monoisotopic (exact) mass is 302 g/mol. The molecule has 1 saturated carbocycles. The number of hydrogen-bond acceptors (Lipinski definition) is 5. The Labute approximate surface area is 128 Å². The molecule has 0 spiro atoms. The minimum absolute atomic E-state index is 0.0264. The molecule has 0 radical (unpaired) electrons. The average molecular weight is 302 g/mol. The zero-order chi connectivity index (χ0) is 14.7. The molecule has 0 aromatic carbocycles. The highest BCUT2D eigenvalue weighted by atomic mass is 32.1. The molecule has 21 heavy (non-hydrogen) atoms. The zero-order valence-corrected chi connectivity index (χ0v) is 12.8. The van der Waals surface area contributed by atoms with Gasteiger partial charge in [0.15, 0.2) is 0 Å². The minimum Gasteiger partial charge on any atom is -0.369 e. The molecule has 5 nitrogen and oxygen atoms in total. The van der Waals surface area contributed by atoms with Crippen molar-refractivity contribution in [3.05, 3.63) is 40.5 Å². The van der Waals surface area contributed by atoms with Crippen molar-refractivity contribution in [2.24, 2.45) is 0 Å². The fourth-order valence-corrected chi connectivity index (χ4v) is 2.88. The van der Waals surface area contributed by atoms with Gasteiger partial charge in [0.05, 0.1) is 18.9 Å². The Bertz CT molecular complexity index is 593. The number of nitrogens with zero attached hydrogens (tertiary/aromatic N) is 3. The van der Waals surface area contributed by atoms with Crippen molar-refractivity contribution < 1.29 is 4.79 Å². The topological polar surface area (TPSA) is 58.1 Å². The Morgan fingerprint density at radius 2 is 2.29 bits per heavy atom. The Morgan fingerprint density at radius 1 is 1.43 bits per heavy atom. The highest BCUT2D eigenvalue weighted by Gasteiger charge is 2.33. The molecule has 1 amide bonds. The maximum absolute atomic E-state index is 12.6. The molecule has 2 aromatic rings. The van der Waals surface area contributed by atoms with Gasteiger partial charge < -0.3 is 10.2 Å². The van der Waals surface area contributed by atoms with Crippen molar-refractivity contribution in [2.45, 2.75) is 32.4 Å². The number of hydrogen-bond donors (Lipinski definition) is 1. The maximum atomic E-state index is 12.6. The Kier molecular flexibility index (Phi) is 4.15. The highest BCUT2D eigenvalue weighted by Crippen LogP contribution is 2.30. The molecule has 2 heterocycles. The molecule has 1 aliphatic rings. The summed E-state index contributed by atoms with van der Waals surface area (Å²) in [6.45, 7) is 3.45. The number of anilines is 1. The molecule has 0 atom stereocenters. The van der Waals surface area contributed by atoms with Crippen LogP contribution in [0.15, 0.2) is 29.9 Å². The van der Waals surface area contributed by atoms with Gasteiger partial charge in [-0.25, -0.2) is 9.97 Å². The van der Waals surface area contributed by atoms with Gasteiger partial charge >= 0.3 is 0 Å². The van der Waals surface area contributed by atoms with E-state index in [4.69, 9.17) is 0 Å². The molecule has 1 aliphatic carbocycles. The summed E-state index contributed by atoms with van der Waals surface area (Å²) in [6, 6.07) is 4.43. The van der Waals surface area contributed by atoms with Gasteiger partial charge in [0.1, 0.15) is 11.5 Å². The number of thiophene rings is 1. The van der Waals surface area contributed by atoms with Crippen LogP contribution in [0.1, 0.15) is 35.1 Å². The third-order valence-corrected chi connectivity index (χ3v) is 4.24. The van der Waals surface area contributed by atoms with Gasteiger partial charge in [-0.05, 0) is 31.2 Å². The van der Waals surface area contributed by atoms with Crippen molar-refractivity contribution in [3.8, 4) is 0 Å². The second-order valence-corrected chi connectivity index (χ2v) is 6.09. The van der Waals surface area contributed by atoms with Crippen LogP contribution in [-0.2, 0) is 6.54 Å². The summed E-state index contributed by atoms with van der Waals surface area (Å²) in [4.78, 5) is 24.2. The normalized spacial score (nSPS) is 14.0. The summed E-state index contributed by atoms with van der Waals surface area (Å²) in [5.41, 5.74) is 0.417. The summed E-state index contributed by atoms with van der Waals surface area (Å²) in [5, 5.41) is 5.12. The second kappa shape index (κ2) is 6.22. The molecular weight excluding hydrogens is 284 g/mol. The molecule has 0 aliphatic heterocycles. The third-order valence-electron chi connectivity index (χ3n) is 3.38. The molecule has 6 heteroatoms. The molecule has 0 saturated heterocycles. The van der Waals surface area contributed by atoms with E-state index in [1.54, 1.807) is 23.7 Å². The van der Waals surface area contributed by atoms with Crippen LogP contribution < -0.4 is 5.32 Å². The zero-order valence-electron chi connectivity index (χ0n) is 12.0. The first-order valence-electron chi connectivity index (χ1n) is 7.17. The second-order valence-electron chi connectivity index (χ2n) is 5.06. The lowest BCUT2D eigenvalue weighted by molar-refractivity contribution is 0.0725. The number of nitrogens with one attached hydrogen (secondary N) is 1. The summed E-state index contributed by atoms with van der Waals surface area (Å²) < 4.78 is 0. The Morgan fingerprint density at radius 3 is 2.86 bits per heavy atom. The molecular formula is C15H18N4OS. The number of carbonyl (C=O) groups is 1. The van der Waals surface area contributed by atoms with Crippen LogP contribution in [0, 0.1) is 0 Å². The first kappa shape index (κ1) is 14.0. The molecule has 1 fully saturated rings. The van der Waals surface area contributed by atoms with Crippen molar-refractivity contribution in [2.75, 3.05) is 11.9 Å². The van der Waals surface area contributed by atoms with E-state index in [9.17, 15) is 4.79 Å². The molecule has 2 aromatic heterocycles. The quantitative estimate of drug-likeness (QED) is 0.891. The fourth-order valence-electron chi connectivity index (χ4n) is 2.18. The lowest BCUT2D eigenvalue weighted by Crippen LogP contribution is -2.33. The summed E-state index contributed by atoms with van der Waals surface area (Å²) >= 11 is 1.68. The van der Waals surface area contributed by atoms with E-state index < -0.39 is 0 Å². The molecule has 3 rings (SSSR count). The number of rotatable bonds is 6. The van der Waals surface area contributed by atoms with Gasteiger partial charge in [0.2, 0.25) is 0 Å². The third kappa shape index (κ3) is 3.39. The van der Waals surface area contributed by atoms with Gasteiger partial charge in [-0.3, -0.25) is 4.79 Å². The fraction of sp³-hybridized carbons (Fsp3) is 0.400. The average Bonchev–Trinajstić information content (AvgIpc) is 3.22. The van der Waals surface area contributed by atoms with Gasteiger partial charge in [-0.2, -0.15) is 0 Å². The lowest BCUT2D eigenvalue weighted by Gasteiger charge is -2.21. The molecule has 1 N–H and O–H groups in total. The first-order valence-corrected chi connectivity index (χ1v) is 8.05. The van der Waals surface area contributed by atoms with E-state index in [1.807, 2.05) is 23.3 Å². The maximum Gasteiger partial charge on any atom is 0.274 e. The van der Waals surface area contributed by atoms with Crippen LogP contribution in [0.3, 0.4) is 0 Å². The van der Waals surface area contributed by atoms with Crippen LogP contribution in [0.25, 0.3) is 0 Å². The van der Waals surface area contributed by atoms with Gasteiger partial charge in [0, 0.05) is 17.5 Å². The number of amides is 1. The van der Waals surface area contributed by atoms with E-state index in [0.717, 1.165) is 19.4 Å². The summed E-state index contributed by atoms with van der Waals surface area (Å²) in [7, 11) is 0. The first-order chi connectivity index (χ1) is 10.3. The molecule has 0 unspecified atom stereocenters. The smallest absolute Gasteiger partial charge is 0.274 e. The largest absolute Gasteiger partial charge is 0.369 e. The van der Waals surface area contributed by atoms with Crippen LogP contribution in [0.5, 0.6) is 0 Å². The number of carbonyl (C=O) groups excluding carboxylic acids is 1. The Balaban J connectivity index is 1.74. The van der Waals surface area contributed by atoms with E-state index in [0.29, 0.717) is 24.1 Å². The van der Waals surface area contributed by atoms with Gasteiger partial charge in [-0.15, -0.1) is 11.3 Å². The van der Waals surface area contributed by atoms with Crippen LogP contribution >= 0.6 is 11.3 Å². The van der Waals surface area contributed by atoms with E-state index in [-0.39, 0.29) is 5.91 Å². The van der Waals surface area contributed by atoms with Crippen LogP contribution in [-0.4, -0.2) is 33.4 Å². The molecule has 110 valence electrons. The Hall–Kier alpha value is -1.95. The predicted octanol–water partition coefficient (Wildman–Crippen LogP) is 2.77. The van der Waals surface area contributed by atoms with E-state index in [1.165, 1.54) is 4.88 Å². The molecule has 0 bridgehead atoms. The van der Waals surface area contributed by atoms with E-state index >= 15 is 0 Å². The van der Waals surface area contributed by atoms with Gasteiger partial charge in [0.25, 0.3) is 5.91 Å². The lowest BCUT2D eigenvalue weighted by atomic mass is 10.3. The predicted molar refractivity (Wildman–Crippen MR) is 83.4 cm³/mol. The standard InChI is InChI=1S/C15H18N4OS/c1-2-16-14-9-17-13(8-18-14)15(20)19(11-5-6-11)10-12-4-3-7-21-12/h3-4,7-9,11H,2,5-6,10H2,1H3,(H,16,18). The summed E-state index contributed by atoms with van der Waals surface area (Å²) in [5.74, 6) is 0.673. The summed E-state index contributed by atoms with van der Waals surface area (Å²) in [6.07, 6.45) is 5.34. The van der Waals surface area contributed by atoms with Crippen molar-refractivity contribution in [3.63, 3.8) is 0 Å². The SMILES string of the molecule is CCNc1cnc(C(=O)N(Cc2cccs2)C2CC2)cn1. The van der Waals surface area contributed by atoms with E-state index in [2.05, 4.69) is 21.4 Å². The van der Waals surface area contributed by atoms with Crippen molar-refractivity contribution in [1.29, 1.82) is 0 Å². The van der Waals surface area contributed by atoms with Crippen molar-refractivity contribution >= 4 is 23.1 Å². The van der Waals surface area contributed by atoms with Crippen molar-refractivity contribution in [1.82, 2.24) is 14.9 Å². The highest BCUT2D eigenvalue weighted by molar-refractivity contribution is 7.09. The van der Waals surface area contributed by atoms with Crippen LogP contribution in [0.4, 0.5) is 5.82 Å². The van der Waals surface area contributed by atoms with Gasteiger partial charge in [-0.1, -0.05) is 6.07 Å². The minimum atomic E-state index is -0.0264.